The molecule has 0 unspecified atom stereocenters. The van der Waals surface area contributed by atoms with E-state index < -0.39 is 12.1 Å². The van der Waals surface area contributed by atoms with Gasteiger partial charge in [-0.15, -0.1) is 0 Å². The van der Waals surface area contributed by atoms with Gasteiger partial charge in [0.25, 0.3) is 0 Å². The van der Waals surface area contributed by atoms with Crippen LogP contribution in [0.25, 0.3) is 11.0 Å². The monoisotopic (exact) mass is 330 g/mol. The zero-order valence-electron chi connectivity index (χ0n) is 14.3. The molecule has 1 atom stereocenters. The predicted octanol–water partition coefficient (Wildman–Crippen LogP) is 3.31. The number of fused-ring (bicyclic) bond motifs is 3. The Morgan fingerprint density at radius 3 is 2.79 bits per heavy atom. The molecule has 1 aromatic carbocycles. The summed E-state index contributed by atoms with van der Waals surface area (Å²) in [7, 11) is 0. The molecule has 24 heavy (non-hydrogen) atoms. The van der Waals surface area contributed by atoms with Crippen molar-refractivity contribution < 1.29 is 18.7 Å². The SMILES string of the molecule is CCCOC(=O)[C@@H](C)Oc1ccc2c3c(c(=O)oc2c1C)CCC3. The van der Waals surface area contributed by atoms with E-state index in [1.165, 1.54) is 0 Å². The number of ether oxygens (including phenoxy) is 2. The predicted molar refractivity (Wildman–Crippen MR) is 90.6 cm³/mol. The molecular formula is C19H22O5. The summed E-state index contributed by atoms with van der Waals surface area (Å²) in [6.07, 6.45) is 2.72. The highest BCUT2D eigenvalue weighted by molar-refractivity contribution is 5.86. The van der Waals surface area contributed by atoms with Crippen LogP contribution in [-0.2, 0) is 22.4 Å². The van der Waals surface area contributed by atoms with Gasteiger partial charge in [-0.1, -0.05) is 6.92 Å². The van der Waals surface area contributed by atoms with E-state index in [-0.39, 0.29) is 5.63 Å². The Balaban J connectivity index is 1.94. The number of hydrogen-bond acceptors (Lipinski definition) is 5. The first-order valence-corrected chi connectivity index (χ1v) is 8.44. The summed E-state index contributed by atoms with van der Waals surface area (Å²) in [5, 5.41) is 0.966. The third-order valence-corrected chi connectivity index (χ3v) is 4.42. The molecule has 0 saturated heterocycles. The van der Waals surface area contributed by atoms with Gasteiger partial charge in [-0.3, -0.25) is 0 Å². The number of carbonyl (C=O) groups is 1. The Morgan fingerprint density at radius 2 is 2.04 bits per heavy atom. The molecule has 5 heteroatoms. The van der Waals surface area contributed by atoms with Crippen LogP contribution in [0, 0.1) is 6.92 Å². The van der Waals surface area contributed by atoms with Gasteiger partial charge in [0.05, 0.1) is 6.61 Å². The third-order valence-electron chi connectivity index (χ3n) is 4.42. The number of rotatable bonds is 5. The summed E-state index contributed by atoms with van der Waals surface area (Å²) in [6.45, 7) is 5.81. The molecule has 0 radical (unpaired) electrons. The lowest BCUT2D eigenvalue weighted by atomic mass is 10.0. The molecule has 2 aromatic rings. The minimum atomic E-state index is -0.714. The van der Waals surface area contributed by atoms with Crippen molar-refractivity contribution in [1.29, 1.82) is 0 Å². The van der Waals surface area contributed by atoms with Crippen LogP contribution in [0.4, 0.5) is 0 Å². The summed E-state index contributed by atoms with van der Waals surface area (Å²) in [5.41, 5.74) is 2.91. The highest BCUT2D eigenvalue weighted by atomic mass is 16.6. The Bertz CT molecular complexity index is 834. The number of benzene rings is 1. The number of hydrogen-bond donors (Lipinski definition) is 0. The van der Waals surface area contributed by atoms with E-state index in [0.717, 1.165) is 47.8 Å². The Morgan fingerprint density at radius 1 is 1.29 bits per heavy atom. The lowest BCUT2D eigenvalue weighted by Gasteiger charge is -2.16. The second-order valence-corrected chi connectivity index (χ2v) is 6.19. The molecule has 0 spiro atoms. The minimum absolute atomic E-state index is 0.259. The molecule has 1 aliphatic rings. The molecule has 5 nitrogen and oxygen atoms in total. The number of carbonyl (C=O) groups excluding carboxylic acids is 1. The fourth-order valence-corrected chi connectivity index (χ4v) is 3.15. The van der Waals surface area contributed by atoms with Crippen LogP contribution in [0.1, 0.15) is 43.4 Å². The second-order valence-electron chi connectivity index (χ2n) is 6.19. The molecule has 1 heterocycles. The topological polar surface area (TPSA) is 65.7 Å². The lowest BCUT2D eigenvalue weighted by molar-refractivity contribution is -0.151. The summed E-state index contributed by atoms with van der Waals surface area (Å²) in [5.74, 6) is 0.135. The average Bonchev–Trinajstić information content (AvgIpc) is 3.06. The molecule has 3 rings (SSSR count). The minimum Gasteiger partial charge on any atom is -0.479 e. The standard InChI is InChI=1S/C19H22O5/c1-4-10-22-18(20)12(3)23-16-9-8-14-13-6-5-7-15(13)19(21)24-17(14)11(16)2/h8-9,12H,4-7,10H2,1-3H3/t12-/m1/s1. The van der Waals surface area contributed by atoms with Crippen LogP contribution >= 0.6 is 0 Å². The van der Waals surface area contributed by atoms with Crippen LogP contribution < -0.4 is 10.4 Å². The van der Waals surface area contributed by atoms with Crippen molar-refractivity contribution in [2.45, 2.75) is 52.6 Å². The van der Waals surface area contributed by atoms with Gasteiger partial charge in [0, 0.05) is 16.5 Å². The van der Waals surface area contributed by atoms with Crippen LogP contribution in [0.5, 0.6) is 5.75 Å². The third kappa shape index (κ3) is 2.90. The van der Waals surface area contributed by atoms with Gasteiger partial charge in [-0.2, -0.15) is 0 Å². The summed E-state index contributed by atoms with van der Waals surface area (Å²) >= 11 is 0. The van der Waals surface area contributed by atoms with Gasteiger partial charge in [-0.25, -0.2) is 9.59 Å². The first kappa shape index (κ1) is 16.6. The van der Waals surface area contributed by atoms with Crippen LogP contribution in [0.3, 0.4) is 0 Å². The molecule has 0 amide bonds. The number of esters is 1. The molecule has 0 bridgehead atoms. The largest absolute Gasteiger partial charge is 0.479 e. The van der Waals surface area contributed by atoms with Crippen molar-refractivity contribution in [1.82, 2.24) is 0 Å². The van der Waals surface area contributed by atoms with E-state index in [4.69, 9.17) is 13.9 Å². The molecule has 1 aliphatic carbocycles. The van der Waals surface area contributed by atoms with Crippen molar-refractivity contribution >= 4 is 16.9 Å². The van der Waals surface area contributed by atoms with Crippen molar-refractivity contribution in [2.75, 3.05) is 6.61 Å². The van der Waals surface area contributed by atoms with Gasteiger partial charge >= 0.3 is 11.6 Å². The highest BCUT2D eigenvalue weighted by Crippen LogP contribution is 2.33. The van der Waals surface area contributed by atoms with E-state index in [1.807, 2.05) is 26.0 Å². The summed E-state index contributed by atoms with van der Waals surface area (Å²) < 4.78 is 16.4. The van der Waals surface area contributed by atoms with Crippen LogP contribution in [0.15, 0.2) is 21.3 Å². The normalized spacial score (nSPS) is 14.5. The van der Waals surface area contributed by atoms with Crippen molar-refractivity contribution in [2.24, 2.45) is 0 Å². The van der Waals surface area contributed by atoms with E-state index in [1.54, 1.807) is 6.92 Å². The number of aryl methyl sites for hydroxylation is 2. The van der Waals surface area contributed by atoms with Gasteiger partial charge in [0.15, 0.2) is 6.10 Å². The van der Waals surface area contributed by atoms with E-state index >= 15 is 0 Å². The second kappa shape index (κ2) is 6.67. The van der Waals surface area contributed by atoms with Crippen molar-refractivity contribution in [3.05, 3.63) is 39.2 Å². The molecular weight excluding hydrogens is 308 g/mol. The molecule has 0 aliphatic heterocycles. The fraction of sp³-hybridized carbons (Fsp3) is 0.474. The molecule has 0 fully saturated rings. The van der Waals surface area contributed by atoms with Crippen molar-refractivity contribution in [3.8, 4) is 5.75 Å². The zero-order valence-corrected chi connectivity index (χ0v) is 14.3. The van der Waals surface area contributed by atoms with Gasteiger partial charge in [0.1, 0.15) is 11.3 Å². The molecule has 128 valence electrons. The first-order chi connectivity index (χ1) is 11.5. The van der Waals surface area contributed by atoms with E-state index in [0.29, 0.717) is 17.9 Å². The first-order valence-electron chi connectivity index (χ1n) is 8.44. The van der Waals surface area contributed by atoms with Gasteiger partial charge in [0.2, 0.25) is 0 Å². The van der Waals surface area contributed by atoms with Crippen molar-refractivity contribution in [3.63, 3.8) is 0 Å². The Labute approximate surface area is 140 Å². The van der Waals surface area contributed by atoms with Gasteiger partial charge < -0.3 is 13.9 Å². The average molecular weight is 330 g/mol. The fourth-order valence-electron chi connectivity index (χ4n) is 3.15. The Hall–Kier alpha value is -2.30. The maximum atomic E-state index is 12.2. The quantitative estimate of drug-likeness (QED) is 0.621. The summed E-state index contributed by atoms with van der Waals surface area (Å²) in [6, 6.07) is 3.74. The van der Waals surface area contributed by atoms with Crippen LogP contribution in [-0.4, -0.2) is 18.7 Å². The maximum absolute atomic E-state index is 12.2. The molecule has 1 aromatic heterocycles. The highest BCUT2D eigenvalue weighted by Gasteiger charge is 2.23. The van der Waals surface area contributed by atoms with E-state index in [2.05, 4.69) is 0 Å². The van der Waals surface area contributed by atoms with Crippen LogP contribution in [0.2, 0.25) is 0 Å². The molecule has 0 saturated carbocycles. The smallest absolute Gasteiger partial charge is 0.347 e. The zero-order chi connectivity index (χ0) is 17.3. The lowest BCUT2D eigenvalue weighted by Crippen LogP contribution is -2.26. The summed E-state index contributed by atoms with van der Waals surface area (Å²) in [4.78, 5) is 24.0. The Kier molecular flexibility index (Phi) is 4.60. The molecule has 0 N–H and O–H groups in total. The van der Waals surface area contributed by atoms with Gasteiger partial charge in [-0.05, 0) is 57.2 Å². The van der Waals surface area contributed by atoms with E-state index in [9.17, 15) is 9.59 Å². The maximum Gasteiger partial charge on any atom is 0.347 e.